The van der Waals surface area contributed by atoms with Gasteiger partial charge in [0.05, 0.1) is 26.4 Å². The molecule has 0 heterocycles. The molecule has 0 aliphatic heterocycles. The van der Waals surface area contributed by atoms with E-state index in [1.54, 1.807) is 0 Å². The van der Waals surface area contributed by atoms with Crippen molar-refractivity contribution in [3.63, 3.8) is 0 Å². The molecular formula is C75H146O17P2. The van der Waals surface area contributed by atoms with E-state index in [0.717, 1.165) is 114 Å². The number of carbonyl (C=O) groups is 4. The Morgan fingerprint density at radius 1 is 0.298 bits per heavy atom. The summed E-state index contributed by atoms with van der Waals surface area (Å²) in [5.74, 6) is 0.879. The van der Waals surface area contributed by atoms with Gasteiger partial charge in [0.25, 0.3) is 0 Å². The number of rotatable bonds is 72. The molecule has 0 aromatic rings. The number of hydrogen-bond acceptors (Lipinski definition) is 15. The van der Waals surface area contributed by atoms with E-state index in [1.165, 1.54) is 180 Å². The van der Waals surface area contributed by atoms with E-state index in [0.29, 0.717) is 25.7 Å². The minimum atomic E-state index is -4.96. The van der Waals surface area contributed by atoms with Gasteiger partial charge in [0.1, 0.15) is 19.3 Å². The quantitative estimate of drug-likeness (QED) is 0.0222. The zero-order valence-electron chi connectivity index (χ0n) is 61.6. The highest BCUT2D eigenvalue weighted by molar-refractivity contribution is 7.47. The lowest BCUT2D eigenvalue weighted by Crippen LogP contribution is -2.30. The van der Waals surface area contributed by atoms with E-state index in [1.807, 2.05) is 0 Å². The van der Waals surface area contributed by atoms with Crippen LogP contribution in [0.5, 0.6) is 0 Å². The zero-order chi connectivity index (χ0) is 69.6. The van der Waals surface area contributed by atoms with E-state index < -0.39 is 97.5 Å². The number of phosphoric acid groups is 2. The number of carbonyl (C=O) groups excluding carboxylic acids is 4. The van der Waals surface area contributed by atoms with Crippen LogP contribution in [0, 0.1) is 23.7 Å². The van der Waals surface area contributed by atoms with Crippen molar-refractivity contribution in [2.75, 3.05) is 39.6 Å². The molecule has 0 amide bonds. The molecule has 0 radical (unpaired) electrons. The number of aliphatic hydroxyl groups excluding tert-OH is 1. The second-order valence-electron chi connectivity index (χ2n) is 28.7. The van der Waals surface area contributed by atoms with Crippen molar-refractivity contribution in [3.8, 4) is 0 Å². The number of esters is 4. The fraction of sp³-hybridized carbons (Fsp3) is 0.947. The second-order valence-corrected chi connectivity index (χ2v) is 31.6. The van der Waals surface area contributed by atoms with Gasteiger partial charge in [-0.15, -0.1) is 0 Å². The third-order valence-electron chi connectivity index (χ3n) is 17.7. The van der Waals surface area contributed by atoms with Crippen LogP contribution in [0.25, 0.3) is 0 Å². The first kappa shape index (κ1) is 92.1. The van der Waals surface area contributed by atoms with Crippen LogP contribution in [0.1, 0.15) is 376 Å². The Hall–Kier alpha value is -1.94. The van der Waals surface area contributed by atoms with Gasteiger partial charge in [-0.2, -0.15) is 0 Å². The molecular weight excluding hydrogens is 1230 g/mol. The van der Waals surface area contributed by atoms with Crippen LogP contribution >= 0.6 is 15.6 Å². The van der Waals surface area contributed by atoms with Crippen LogP contribution in [-0.4, -0.2) is 96.7 Å². The first-order valence-corrected chi connectivity index (χ1v) is 41.7. The largest absolute Gasteiger partial charge is 0.472 e. The van der Waals surface area contributed by atoms with Gasteiger partial charge in [-0.1, -0.05) is 325 Å². The molecule has 0 fully saturated rings. The van der Waals surface area contributed by atoms with E-state index in [4.69, 9.17) is 37.0 Å². The first-order chi connectivity index (χ1) is 45.1. The third kappa shape index (κ3) is 67.3. The number of hydrogen-bond donors (Lipinski definition) is 3. The topological polar surface area (TPSA) is 237 Å². The molecule has 3 N–H and O–H groups in total. The summed E-state index contributed by atoms with van der Waals surface area (Å²) in [6.07, 6.45) is 48.9. The summed E-state index contributed by atoms with van der Waals surface area (Å²) < 4.78 is 68.4. The summed E-state index contributed by atoms with van der Waals surface area (Å²) >= 11 is 0. The van der Waals surface area contributed by atoms with Gasteiger partial charge in [0, 0.05) is 25.7 Å². The maximum Gasteiger partial charge on any atom is 0.472 e. The monoisotopic (exact) mass is 1380 g/mol. The Kier molecular flexibility index (Phi) is 63.1. The fourth-order valence-electron chi connectivity index (χ4n) is 11.3. The SMILES string of the molecule is CCC(C)CCCCCCCCC(=O)O[C@H](COC(=O)CCCCCCCCCCCCCCCCCCCCC(C)C)COP(=O)(O)OCC(O)COP(=O)(O)OC[C@@H](COC(=O)CCCCCCCCCCC(C)C)OC(=O)CCCCCCCCCCCC(C)C. The molecule has 0 aliphatic rings. The smallest absolute Gasteiger partial charge is 0.462 e. The van der Waals surface area contributed by atoms with Crippen molar-refractivity contribution in [2.45, 2.75) is 395 Å². The molecule has 0 saturated carbocycles. The average molecular weight is 1380 g/mol. The Morgan fingerprint density at radius 2 is 0.511 bits per heavy atom. The predicted molar refractivity (Wildman–Crippen MR) is 381 cm³/mol. The summed E-state index contributed by atoms with van der Waals surface area (Å²) in [7, 11) is -9.91. The lowest BCUT2D eigenvalue weighted by molar-refractivity contribution is -0.161. The average Bonchev–Trinajstić information content (AvgIpc) is 1.07. The minimum Gasteiger partial charge on any atom is -0.462 e. The molecule has 0 rings (SSSR count). The molecule has 94 heavy (non-hydrogen) atoms. The van der Waals surface area contributed by atoms with Crippen LogP contribution in [0.4, 0.5) is 0 Å². The highest BCUT2D eigenvalue weighted by Gasteiger charge is 2.30. The summed E-state index contributed by atoms with van der Waals surface area (Å²) in [4.78, 5) is 72.7. The standard InChI is InChI=1S/C75H146O17P2/c1-9-68(8)54-46-38-33-34-42-50-58-75(80)92-71(62-85-72(77)55-47-39-30-23-19-17-15-13-11-10-12-14-16-18-21-27-35-43-51-65(2)3)64-90-94(83,84)88-60-69(76)59-87-93(81,82)89-63-70(61-86-73(78)56-48-40-31-26-25-29-37-45-53-67(6)7)91-74(79)57-49-41-32-24-20-22-28-36-44-52-66(4)5/h65-71,76H,9-64H2,1-8H3,(H,81,82)(H,83,84)/t68?,69?,70-,71-/m1/s1. The molecule has 0 aromatic heterocycles. The molecule has 0 aromatic carbocycles. The lowest BCUT2D eigenvalue weighted by Gasteiger charge is -2.21. The van der Waals surface area contributed by atoms with Crippen molar-refractivity contribution < 1.29 is 80.2 Å². The van der Waals surface area contributed by atoms with Crippen molar-refractivity contribution in [1.29, 1.82) is 0 Å². The van der Waals surface area contributed by atoms with Gasteiger partial charge in [0.15, 0.2) is 12.2 Å². The van der Waals surface area contributed by atoms with Crippen LogP contribution in [-0.2, 0) is 65.4 Å². The number of aliphatic hydroxyl groups is 1. The normalized spacial score (nSPS) is 14.4. The van der Waals surface area contributed by atoms with E-state index in [-0.39, 0.29) is 25.7 Å². The maximum absolute atomic E-state index is 13.0. The zero-order valence-corrected chi connectivity index (χ0v) is 63.4. The second kappa shape index (κ2) is 64.4. The number of ether oxygens (including phenoxy) is 4. The third-order valence-corrected chi connectivity index (χ3v) is 19.6. The van der Waals surface area contributed by atoms with Gasteiger partial charge in [-0.3, -0.25) is 37.3 Å². The molecule has 0 spiro atoms. The minimum absolute atomic E-state index is 0.103. The Balaban J connectivity index is 5.15. The van der Waals surface area contributed by atoms with Crippen LogP contribution < -0.4 is 0 Å². The van der Waals surface area contributed by atoms with Crippen molar-refractivity contribution in [2.24, 2.45) is 23.7 Å². The Bertz CT molecular complexity index is 1850. The predicted octanol–water partition coefficient (Wildman–Crippen LogP) is 21.7. The van der Waals surface area contributed by atoms with E-state index in [2.05, 4.69) is 55.4 Å². The highest BCUT2D eigenvalue weighted by Crippen LogP contribution is 2.45. The summed E-state index contributed by atoms with van der Waals surface area (Å²) in [6, 6.07) is 0. The summed E-state index contributed by atoms with van der Waals surface area (Å²) in [6.45, 7) is 14.1. The van der Waals surface area contributed by atoms with Crippen molar-refractivity contribution in [3.05, 3.63) is 0 Å². The molecule has 6 atom stereocenters. The lowest BCUT2D eigenvalue weighted by atomic mass is 10.00. The Morgan fingerprint density at radius 3 is 0.755 bits per heavy atom. The van der Waals surface area contributed by atoms with E-state index in [9.17, 15) is 43.2 Å². The van der Waals surface area contributed by atoms with Crippen molar-refractivity contribution >= 4 is 39.5 Å². The van der Waals surface area contributed by atoms with Gasteiger partial charge in [-0.25, -0.2) is 9.13 Å². The van der Waals surface area contributed by atoms with Gasteiger partial charge >= 0.3 is 39.5 Å². The maximum atomic E-state index is 13.0. The summed E-state index contributed by atoms with van der Waals surface area (Å²) in [5, 5.41) is 10.6. The molecule has 0 aliphatic carbocycles. The molecule has 0 bridgehead atoms. The number of phosphoric ester groups is 2. The molecule has 4 unspecified atom stereocenters. The molecule has 0 saturated heterocycles. The highest BCUT2D eigenvalue weighted by atomic mass is 31.2. The van der Waals surface area contributed by atoms with Gasteiger partial charge in [0.2, 0.25) is 0 Å². The Labute approximate surface area is 575 Å². The van der Waals surface area contributed by atoms with Crippen LogP contribution in [0.2, 0.25) is 0 Å². The molecule has 558 valence electrons. The number of unbranched alkanes of at least 4 members (excludes halogenated alkanes) is 37. The van der Waals surface area contributed by atoms with Crippen LogP contribution in [0.3, 0.4) is 0 Å². The first-order valence-electron chi connectivity index (χ1n) is 38.7. The molecule has 17 nitrogen and oxygen atoms in total. The molecule has 19 heteroatoms. The van der Waals surface area contributed by atoms with E-state index >= 15 is 0 Å². The van der Waals surface area contributed by atoms with Gasteiger partial charge in [-0.05, 0) is 49.4 Å². The van der Waals surface area contributed by atoms with Crippen LogP contribution in [0.15, 0.2) is 0 Å². The van der Waals surface area contributed by atoms with Gasteiger partial charge < -0.3 is 33.8 Å². The van der Waals surface area contributed by atoms with Crippen molar-refractivity contribution in [1.82, 2.24) is 0 Å². The summed E-state index contributed by atoms with van der Waals surface area (Å²) in [5.41, 5.74) is 0. The fourth-order valence-corrected chi connectivity index (χ4v) is 12.9.